The Kier molecular flexibility index (Phi) is 4.13. The summed E-state index contributed by atoms with van der Waals surface area (Å²) in [5.74, 6) is 0.00804. The minimum Gasteiger partial charge on any atom is -0.496 e. The molecule has 98 valence electrons. The fourth-order valence-electron chi connectivity index (χ4n) is 1.98. The summed E-state index contributed by atoms with van der Waals surface area (Å²) in [6.45, 7) is 0.650. The monoisotopic (exact) mass is 258 g/mol. The lowest BCUT2D eigenvalue weighted by atomic mass is 10.2. The standard InChI is InChI=1S/C15H15NO3/c1-19-14-7-3-2-6-13(14)11-16-8-4-5-12(10-16)9-15(17)18/h2-8,10H,9,11H2,1H3/p+1. The van der Waals surface area contributed by atoms with Crippen LogP contribution in [-0.4, -0.2) is 18.2 Å². The number of rotatable bonds is 5. The maximum atomic E-state index is 10.7. The predicted molar refractivity (Wildman–Crippen MR) is 70.1 cm³/mol. The van der Waals surface area contributed by atoms with Gasteiger partial charge in [-0.1, -0.05) is 12.1 Å². The number of carboxylic acids is 1. The highest BCUT2D eigenvalue weighted by Crippen LogP contribution is 2.16. The third-order valence-electron chi connectivity index (χ3n) is 2.82. The summed E-state index contributed by atoms with van der Waals surface area (Å²) in [5, 5.41) is 8.80. The summed E-state index contributed by atoms with van der Waals surface area (Å²) in [4.78, 5) is 10.7. The highest BCUT2D eigenvalue weighted by atomic mass is 16.5. The fourth-order valence-corrected chi connectivity index (χ4v) is 1.98. The molecule has 0 spiro atoms. The van der Waals surface area contributed by atoms with Gasteiger partial charge in [-0.15, -0.1) is 0 Å². The third-order valence-corrected chi connectivity index (χ3v) is 2.82. The van der Waals surface area contributed by atoms with Gasteiger partial charge in [0, 0.05) is 11.6 Å². The zero-order valence-electron chi connectivity index (χ0n) is 10.7. The Hall–Kier alpha value is -2.36. The molecule has 0 saturated heterocycles. The van der Waals surface area contributed by atoms with Crippen LogP contribution in [0, 0.1) is 0 Å². The second kappa shape index (κ2) is 6.00. The molecule has 19 heavy (non-hydrogen) atoms. The maximum absolute atomic E-state index is 10.7. The SMILES string of the molecule is COc1ccccc1C[n+]1cccc(CC(=O)O)c1. The summed E-state index contributed by atoms with van der Waals surface area (Å²) < 4.78 is 7.26. The molecule has 0 radical (unpaired) electrons. The Morgan fingerprint density at radius 2 is 2.05 bits per heavy atom. The van der Waals surface area contributed by atoms with Crippen LogP contribution in [0.4, 0.5) is 0 Å². The van der Waals surface area contributed by atoms with Crippen LogP contribution < -0.4 is 9.30 Å². The minimum atomic E-state index is -0.824. The minimum absolute atomic E-state index is 0.0345. The van der Waals surface area contributed by atoms with E-state index >= 15 is 0 Å². The van der Waals surface area contributed by atoms with Crippen molar-refractivity contribution >= 4 is 5.97 Å². The summed E-state index contributed by atoms with van der Waals surface area (Å²) in [5.41, 5.74) is 1.84. The molecule has 0 aliphatic rings. The summed E-state index contributed by atoms with van der Waals surface area (Å²) >= 11 is 0. The number of benzene rings is 1. The summed E-state index contributed by atoms with van der Waals surface area (Å²) in [6, 6.07) is 11.5. The topological polar surface area (TPSA) is 50.4 Å². The van der Waals surface area contributed by atoms with E-state index in [4.69, 9.17) is 9.84 Å². The highest BCUT2D eigenvalue weighted by Gasteiger charge is 2.10. The normalized spacial score (nSPS) is 10.2. The van der Waals surface area contributed by atoms with Gasteiger partial charge in [-0.3, -0.25) is 4.79 Å². The number of hydrogen-bond acceptors (Lipinski definition) is 2. The van der Waals surface area contributed by atoms with Crippen molar-refractivity contribution in [2.24, 2.45) is 0 Å². The lowest BCUT2D eigenvalue weighted by Gasteiger charge is -2.05. The van der Waals surface area contributed by atoms with Crippen LogP contribution in [0.1, 0.15) is 11.1 Å². The van der Waals surface area contributed by atoms with E-state index in [1.54, 1.807) is 7.11 Å². The molecular formula is C15H16NO3+. The van der Waals surface area contributed by atoms with Crippen LogP contribution in [0.5, 0.6) is 5.75 Å². The molecule has 1 aromatic heterocycles. The zero-order chi connectivity index (χ0) is 13.7. The summed E-state index contributed by atoms with van der Waals surface area (Å²) in [7, 11) is 1.64. The predicted octanol–water partition coefficient (Wildman–Crippen LogP) is 1.66. The average Bonchev–Trinajstić information content (AvgIpc) is 2.39. The van der Waals surface area contributed by atoms with Crippen molar-refractivity contribution in [1.29, 1.82) is 0 Å². The van der Waals surface area contributed by atoms with E-state index in [1.807, 2.05) is 53.4 Å². The van der Waals surface area contributed by atoms with Gasteiger partial charge in [0.15, 0.2) is 18.9 Å². The lowest BCUT2D eigenvalue weighted by Crippen LogP contribution is -2.34. The van der Waals surface area contributed by atoms with E-state index in [2.05, 4.69) is 0 Å². The molecule has 1 heterocycles. The van der Waals surface area contributed by atoms with E-state index in [0.29, 0.717) is 6.54 Å². The van der Waals surface area contributed by atoms with E-state index in [1.165, 1.54) is 0 Å². The zero-order valence-corrected chi connectivity index (χ0v) is 10.7. The van der Waals surface area contributed by atoms with Crippen molar-refractivity contribution in [3.05, 3.63) is 59.9 Å². The van der Waals surface area contributed by atoms with Gasteiger partial charge in [-0.2, -0.15) is 0 Å². The largest absolute Gasteiger partial charge is 0.496 e. The number of ether oxygens (including phenoxy) is 1. The smallest absolute Gasteiger partial charge is 0.308 e. The quantitative estimate of drug-likeness (QED) is 0.830. The van der Waals surface area contributed by atoms with E-state index in [-0.39, 0.29) is 6.42 Å². The Bertz CT molecular complexity index is 581. The molecule has 0 aliphatic heterocycles. The third kappa shape index (κ3) is 3.55. The Morgan fingerprint density at radius 3 is 2.79 bits per heavy atom. The van der Waals surface area contributed by atoms with Crippen LogP contribution in [0.2, 0.25) is 0 Å². The second-order valence-electron chi connectivity index (χ2n) is 4.27. The average molecular weight is 258 g/mol. The fraction of sp³-hybridized carbons (Fsp3) is 0.200. The van der Waals surface area contributed by atoms with Crippen molar-refractivity contribution in [3.8, 4) is 5.75 Å². The first-order valence-corrected chi connectivity index (χ1v) is 6.00. The van der Waals surface area contributed by atoms with Gasteiger partial charge in [0.1, 0.15) is 5.75 Å². The molecule has 4 heteroatoms. The van der Waals surface area contributed by atoms with Gasteiger partial charge in [-0.25, -0.2) is 4.57 Å². The molecule has 1 N–H and O–H groups in total. The highest BCUT2D eigenvalue weighted by molar-refractivity contribution is 5.69. The number of methoxy groups -OCH3 is 1. The van der Waals surface area contributed by atoms with Gasteiger partial charge < -0.3 is 9.84 Å². The molecule has 0 amide bonds. The van der Waals surface area contributed by atoms with Crippen molar-refractivity contribution < 1.29 is 19.2 Å². The molecule has 0 bridgehead atoms. The Balaban J connectivity index is 2.21. The van der Waals surface area contributed by atoms with Crippen LogP contribution in [0.15, 0.2) is 48.8 Å². The first-order chi connectivity index (χ1) is 9.19. The van der Waals surface area contributed by atoms with E-state index in [0.717, 1.165) is 16.9 Å². The Labute approximate surface area is 111 Å². The number of nitrogens with zero attached hydrogens (tertiary/aromatic N) is 1. The van der Waals surface area contributed by atoms with Gasteiger partial charge in [0.2, 0.25) is 0 Å². The molecule has 1 aromatic carbocycles. The van der Waals surface area contributed by atoms with Crippen LogP contribution >= 0.6 is 0 Å². The summed E-state index contributed by atoms with van der Waals surface area (Å²) in [6.07, 6.45) is 3.80. The number of carboxylic acid groups (broad SMARTS) is 1. The van der Waals surface area contributed by atoms with Gasteiger partial charge >= 0.3 is 5.97 Å². The first kappa shape index (κ1) is 13.1. The van der Waals surface area contributed by atoms with Crippen molar-refractivity contribution in [2.75, 3.05) is 7.11 Å². The van der Waals surface area contributed by atoms with E-state index in [9.17, 15) is 4.79 Å². The molecule has 4 nitrogen and oxygen atoms in total. The molecular weight excluding hydrogens is 242 g/mol. The number of carbonyl (C=O) groups is 1. The van der Waals surface area contributed by atoms with Crippen molar-refractivity contribution in [3.63, 3.8) is 0 Å². The van der Waals surface area contributed by atoms with Gasteiger partial charge in [0.05, 0.1) is 19.1 Å². The molecule has 0 saturated carbocycles. The maximum Gasteiger partial charge on any atom is 0.308 e. The van der Waals surface area contributed by atoms with Crippen molar-refractivity contribution in [2.45, 2.75) is 13.0 Å². The van der Waals surface area contributed by atoms with Crippen LogP contribution in [-0.2, 0) is 17.8 Å². The number of aromatic nitrogens is 1. The molecule has 2 aromatic rings. The molecule has 0 unspecified atom stereocenters. The number of aliphatic carboxylic acids is 1. The van der Waals surface area contributed by atoms with Crippen LogP contribution in [0.3, 0.4) is 0 Å². The number of hydrogen-bond donors (Lipinski definition) is 1. The van der Waals surface area contributed by atoms with Gasteiger partial charge in [-0.05, 0) is 18.2 Å². The van der Waals surface area contributed by atoms with Crippen LogP contribution in [0.25, 0.3) is 0 Å². The number of pyridine rings is 1. The first-order valence-electron chi connectivity index (χ1n) is 6.00. The molecule has 0 fully saturated rings. The molecule has 2 rings (SSSR count). The second-order valence-corrected chi connectivity index (χ2v) is 4.27. The van der Waals surface area contributed by atoms with E-state index < -0.39 is 5.97 Å². The Morgan fingerprint density at radius 1 is 1.26 bits per heavy atom. The molecule has 0 aliphatic carbocycles. The lowest BCUT2D eigenvalue weighted by molar-refractivity contribution is -0.688. The van der Waals surface area contributed by atoms with Gasteiger partial charge in [0.25, 0.3) is 0 Å². The van der Waals surface area contributed by atoms with Crippen molar-refractivity contribution in [1.82, 2.24) is 0 Å². The molecule has 0 atom stereocenters. The number of para-hydroxylation sites is 1.